The maximum absolute atomic E-state index is 12.3. The molecule has 0 bridgehead atoms. The van der Waals surface area contributed by atoms with Crippen molar-refractivity contribution in [2.75, 3.05) is 25.6 Å². The highest BCUT2D eigenvalue weighted by molar-refractivity contribution is 5.97. The van der Waals surface area contributed by atoms with Crippen LogP contribution in [0.4, 0.5) is 5.95 Å². The average molecular weight is 357 g/mol. The third-order valence-corrected chi connectivity index (χ3v) is 4.17. The maximum Gasteiger partial charge on any atom is 0.342 e. The molecule has 1 saturated heterocycles. The smallest absolute Gasteiger partial charge is 0.342 e. The first-order chi connectivity index (χ1) is 12.6. The Morgan fingerprint density at radius 1 is 1.31 bits per heavy atom. The summed E-state index contributed by atoms with van der Waals surface area (Å²) in [5.74, 6) is 0.392. The Bertz CT molecular complexity index is 771. The SMILES string of the molecule is CCOC(=O)c1c(C)nc(N)nc1-c1ccc(OCC2CCCO2)cc1. The van der Waals surface area contributed by atoms with Gasteiger partial charge in [-0.15, -0.1) is 0 Å². The number of esters is 1. The van der Waals surface area contributed by atoms with E-state index in [0.29, 0.717) is 23.6 Å². The highest BCUT2D eigenvalue weighted by Crippen LogP contribution is 2.27. The van der Waals surface area contributed by atoms with Crippen LogP contribution in [0, 0.1) is 6.92 Å². The molecule has 1 aromatic carbocycles. The molecule has 1 atom stereocenters. The molecule has 1 aromatic heterocycles. The monoisotopic (exact) mass is 357 g/mol. The van der Waals surface area contributed by atoms with Crippen molar-refractivity contribution < 1.29 is 19.0 Å². The molecule has 0 saturated carbocycles. The predicted octanol–water partition coefficient (Wildman–Crippen LogP) is 2.77. The van der Waals surface area contributed by atoms with Gasteiger partial charge < -0.3 is 19.9 Å². The van der Waals surface area contributed by atoms with Crippen LogP contribution in [0.25, 0.3) is 11.3 Å². The summed E-state index contributed by atoms with van der Waals surface area (Å²) in [6, 6.07) is 7.36. The van der Waals surface area contributed by atoms with Crippen LogP contribution >= 0.6 is 0 Å². The Morgan fingerprint density at radius 3 is 2.73 bits per heavy atom. The summed E-state index contributed by atoms with van der Waals surface area (Å²) >= 11 is 0. The standard InChI is InChI=1S/C19H23N3O4/c1-3-24-18(23)16-12(2)21-19(20)22-17(16)13-6-8-14(9-7-13)26-11-15-5-4-10-25-15/h6-9,15H,3-5,10-11H2,1-2H3,(H2,20,21,22). The second-order valence-electron chi connectivity index (χ2n) is 6.08. The third kappa shape index (κ3) is 4.11. The lowest BCUT2D eigenvalue weighted by Crippen LogP contribution is -2.16. The summed E-state index contributed by atoms with van der Waals surface area (Å²) < 4.78 is 16.5. The number of hydrogen-bond acceptors (Lipinski definition) is 7. The zero-order valence-electron chi connectivity index (χ0n) is 15.0. The van der Waals surface area contributed by atoms with Gasteiger partial charge in [-0.25, -0.2) is 14.8 Å². The molecule has 26 heavy (non-hydrogen) atoms. The number of ether oxygens (including phenoxy) is 3. The molecule has 0 spiro atoms. The number of nitrogens with zero attached hydrogens (tertiary/aromatic N) is 2. The minimum Gasteiger partial charge on any atom is -0.491 e. The van der Waals surface area contributed by atoms with E-state index in [9.17, 15) is 4.79 Å². The van der Waals surface area contributed by atoms with Crippen LogP contribution in [0.15, 0.2) is 24.3 Å². The van der Waals surface area contributed by atoms with Crippen LogP contribution in [0.2, 0.25) is 0 Å². The highest BCUT2D eigenvalue weighted by atomic mass is 16.5. The molecule has 138 valence electrons. The molecular weight excluding hydrogens is 334 g/mol. The normalized spacial score (nSPS) is 16.5. The van der Waals surface area contributed by atoms with E-state index in [0.717, 1.165) is 30.8 Å². The molecule has 1 aliphatic heterocycles. The largest absolute Gasteiger partial charge is 0.491 e. The first-order valence-corrected chi connectivity index (χ1v) is 8.74. The topological polar surface area (TPSA) is 96.6 Å². The lowest BCUT2D eigenvalue weighted by Gasteiger charge is -2.13. The van der Waals surface area contributed by atoms with Gasteiger partial charge in [0.15, 0.2) is 0 Å². The zero-order chi connectivity index (χ0) is 18.5. The number of rotatable bonds is 6. The molecular formula is C19H23N3O4. The van der Waals surface area contributed by atoms with E-state index in [1.165, 1.54) is 0 Å². The lowest BCUT2D eigenvalue weighted by atomic mass is 10.0. The van der Waals surface area contributed by atoms with Gasteiger partial charge in [0.25, 0.3) is 0 Å². The van der Waals surface area contributed by atoms with E-state index in [1.54, 1.807) is 13.8 Å². The van der Waals surface area contributed by atoms with Gasteiger partial charge in [0.2, 0.25) is 5.95 Å². The van der Waals surface area contributed by atoms with Gasteiger partial charge in [0.1, 0.15) is 17.9 Å². The van der Waals surface area contributed by atoms with Crippen molar-refractivity contribution in [1.82, 2.24) is 9.97 Å². The van der Waals surface area contributed by atoms with Crippen molar-refractivity contribution in [3.63, 3.8) is 0 Å². The molecule has 7 heteroatoms. The van der Waals surface area contributed by atoms with Crippen LogP contribution in [-0.4, -0.2) is 41.9 Å². The van der Waals surface area contributed by atoms with Crippen LogP contribution < -0.4 is 10.5 Å². The van der Waals surface area contributed by atoms with Gasteiger partial charge in [-0.1, -0.05) is 0 Å². The quantitative estimate of drug-likeness (QED) is 0.794. The minimum atomic E-state index is -0.460. The first kappa shape index (κ1) is 18.1. The fourth-order valence-corrected chi connectivity index (χ4v) is 2.93. The summed E-state index contributed by atoms with van der Waals surface area (Å²) in [7, 11) is 0. The number of nitrogen functional groups attached to an aromatic ring is 1. The molecule has 2 N–H and O–H groups in total. The van der Waals surface area contributed by atoms with Crippen molar-refractivity contribution >= 4 is 11.9 Å². The number of aromatic nitrogens is 2. The van der Waals surface area contributed by atoms with Crippen molar-refractivity contribution in [2.24, 2.45) is 0 Å². The highest BCUT2D eigenvalue weighted by Gasteiger charge is 2.21. The molecule has 3 rings (SSSR count). The summed E-state index contributed by atoms with van der Waals surface area (Å²) in [4.78, 5) is 20.6. The molecule has 2 aromatic rings. The van der Waals surface area contributed by atoms with Gasteiger partial charge in [0.05, 0.1) is 24.1 Å². The van der Waals surface area contributed by atoms with Gasteiger partial charge in [0, 0.05) is 12.2 Å². The minimum absolute atomic E-state index is 0.115. The number of anilines is 1. The summed E-state index contributed by atoms with van der Waals surface area (Å²) in [6.45, 7) is 5.08. The number of carbonyl (C=O) groups excluding carboxylic acids is 1. The van der Waals surface area contributed by atoms with Crippen LogP contribution in [0.3, 0.4) is 0 Å². The second-order valence-corrected chi connectivity index (χ2v) is 6.08. The lowest BCUT2D eigenvalue weighted by molar-refractivity contribution is 0.0525. The first-order valence-electron chi connectivity index (χ1n) is 8.74. The molecule has 0 aliphatic carbocycles. The van der Waals surface area contributed by atoms with E-state index in [1.807, 2.05) is 24.3 Å². The van der Waals surface area contributed by atoms with Crippen molar-refractivity contribution in [1.29, 1.82) is 0 Å². The second kappa shape index (κ2) is 8.14. The Labute approximate surface area is 152 Å². The van der Waals surface area contributed by atoms with Gasteiger partial charge in [-0.3, -0.25) is 0 Å². The fraction of sp³-hybridized carbons (Fsp3) is 0.421. The van der Waals surface area contributed by atoms with Crippen LogP contribution in [-0.2, 0) is 9.47 Å². The van der Waals surface area contributed by atoms with E-state index in [2.05, 4.69) is 9.97 Å². The molecule has 0 amide bonds. The molecule has 7 nitrogen and oxygen atoms in total. The predicted molar refractivity (Wildman–Crippen MR) is 97.0 cm³/mol. The number of hydrogen-bond donors (Lipinski definition) is 1. The van der Waals surface area contributed by atoms with Crippen molar-refractivity contribution in [3.8, 4) is 17.0 Å². The van der Waals surface area contributed by atoms with Crippen LogP contribution in [0.5, 0.6) is 5.75 Å². The van der Waals surface area contributed by atoms with Gasteiger partial charge in [-0.2, -0.15) is 0 Å². The number of carbonyl (C=O) groups is 1. The average Bonchev–Trinajstić information content (AvgIpc) is 3.13. The molecule has 1 unspecified atom stereocenters. The number of nitrogens with two attached hydrogens (primary N) is 1. The van der Waals surface area contributed by atoms with Gasteiger partial charge >= 0.3 is 5.97 Å². The molecule has 1 fully saturated rings. The Balaban J connectivity index is 1.82. The van der Waals surface area contributed by atoms with Crippen molar-refractivity contribution in [2.45, 2.75) is 32.8 Å². The summed E-state index contributed by atoms with van der Waals surface area (Å²) in [6.07, 6.45) is 2.27. The number of aryl methyl sites for hydroxylation is 1. The van der Waals surface area contributed by atoms with E-state index in [4.69, 9.17) is 19.9 Å². The zero-order valence-corrected chi connectivity index (χ0v) is 15.0. The molecule has 2 heterocycles. The Kier molecular flexibility index (Phi) is 5.68. The Hall–Kier alpha value is -2.67. The maximum atomic E-state index is 12.3. The third-order valence-electron chi connectivity index (χ3n) is 4.17. The van der Waals surface area contributed by atoms with E-state index in [-0.39, 0.29) is 18.7 Å². The molecule has 1 aliphatic rings. The van der Waals surface area contributed by atoms with E-state index < -0.39 is 5.97 Å². The Morgan fingerprint density at radius 2 is 2.08 bits per heavy atom. The van der Waals surface area contributed by atoms with E-state index >= 15 is 0 Å². The molecule has 0 radical (unpaired) electrons. The van der Waals surface area contributed by atoms with Gasteiger partial charge in [-0.05, 0) is 51.0 Å². The number of benzene rings is 1. The summed E-state index contributed by atoms with van der Waals surface area (Å²) in [5, 5.41) is 0. The summed E-state index contributed by atoms with van der Waals surface area (Å²) in [5.41, 5.74) is 7.80. The van der Waals surface area contributed by atoms with Crippen molar-refractivity contribution in [3.05, 3.63) is 35.5 Å². The fourth-order valence-electron chi connectivity index (χ4n) is 2.93. The van der Waals surface area contributed by atoms with Crippen LogP contribution in [0.1, 0.15) is 35.8 Å².